The van der Waals surface area contributed by atoms with Gasteiger partial charge in [-0.15, -0.1) is 0 Å². The number of nitrogens with zero attached hydrogens (tertiary/aromatic N) is 1. The van der Waals surface area contributed by atoms with E-state index in [1.807, 2.05) is 24.3 Å². The molecule has 0 aliphatic heterocycles. The van der Waals surface area contributed by atoms with Gasteiger partial charge in [-0.05, 0) is 61.8 Å². The van der Waals surface area contributed by atoms with Crippen molar-refractivity contribution in [2.24, 2.45) is 17.8 Å². The number of likely N-dealkylation sites (N-methyl/N-ethyl adjacent to an activating group) is 1. The van der Waals surface area contributed by atoms with Gasteiger partial charge >= 0.3 is 0 Å². The van der Waals surface area contributed by atoms with E-state index in [-0.39, 0.29) is 0 Å². The molecule has 0 aromatic heterocycles. The molecule has 2 bridgehead atoms. The molecule has 0 heterocycles. The maximum absolute atomic E-state index is 10.3. The largest absolute Gasteiger partial charge is 0.399 e. The number of fused-ring (bicyclic) bond motifs is 2. The lowest BCUT2D eigenvalue weighted by Crippen LogP contribution is -2.32. The number of hydrogen-bond acceptors (Lipinski definition) is 3. The minimum Gasteiger partial charge on any atom is -0.399 e. The van der Waals surface area contributed by atoms with Crippen molar-refractivity contribution in [1.82, 2.24) is 4.90 Å². The van der Waals surface area contributed by atoms with Crippen LogP contribution >= 0.6 is 0 Å². The summed E-state index contributed by atoms with van der Waals surface area (Å²) >= 11 is 0. The molecular weight excluding hydrogens is 248 g/mol. The van der Waals surface area contributed by atoms with Crippen LogP contribution in [0.25, 0.3) is 0 Å². The molecule has 3 N–H and O–H groups in total. The summed E-state index contributed by atoms with van der Waals surface area (Å²) < 4.78 is 0. The molecule has 2 aliphatic carbocycles. The number of nitrogens with two attached hydrogens (primary N) is 1. The molecule has 2 fully saturated rings. The lowest BCUT2D eigenvalue weighted by Gasteiger charge is -2.28. The second kappa shape index (κ2) is 5.74. The number of aliphatic hydroxyl groups is 1. The average Bonchev–Trinajstić information content (AvgIpc) is 3.01. The van der Waals surface area contributed by atoms with Gasteiger partial charge in [0.05, 0.1) is 6.10 Å². The normalized spacial score (nSPS) is 30.1. The first-order chi connectivity index (χ1) is 9.61. The summed E-state index contributed by atoms with van der Waals surface area (Å²) in [5.41, 5.74) is 7.38. The van der Waals surface area contributed by atoms with E-state index < -0.39 is 6.10 Å². The second-order valence-electron chi connectivity index (χ2n) is 6.84. The van der Waals surface area contributed by atoms with Crippen LogP contribution in [0.5, 0.6) is 0 Å². The molecule has 4 atom stereocenters. The fourth-order valence-corrected chi connectivity index (χ4v) is 4.19. The summed E-state index contributed by atoms with van der Waals surface area (Å²) in [6, 6.07) is 7.56. The van der Waals surface area contributed by atoms with Crippen LogP contribution in [0.1, 0.15) is 37.4 Å². The van der Waals surface area contributed by atoms with Crippen molar-refractivity contribution in [3.8, 4) is 0 Å². The zero-order valence-corrected chi connectivity index (χ0v) is 12.3. The highest BCUT2D eigenvalue weighted by molar-refractivity contribution is 5.39. The van der Waals surface area contributed by atoms with Crippen LogP contribution in [0.3, 0.4) is 0 Å². The van der Waals surface area contributed by atoms with Crippen molar-refractivity contribution >= 4 is 5.69 Å². The second-order valence-corrected chi connectivity index (χ2v) is 6.84. The topological polar surface area (TPSA) is 49.5 Å². The Morgan fingerprint density at radius 3 is 2.60 bits per heavy atom. The summed E-state index contributed by atoms with van der Waals surface area (Å²) in [6.07, 6.45) is 5.34. The van der Waals surface area contributed by atoms with E-state index in [2.05, 4.69) is 11.9 Å². The zero-order chi connectivity index (χ0) is 14.1. The first kappa shape index (κ1) is 13.9. The molecule has 1 aromatic rings. The number of nitrogen functional groups attached to an aromatic ring is 1. The number of hydrogen-bond donors (Lipinski definition) is 2. The Balaban J connectivity index is 1.51. The summed E-state index contributed by atoms with van der Waals surface area (Å²) in [4.78, 5) is 2.30. The van der Waals surface area contributed by atoms with Crippen LogP contribution in [0.4, 0.5) is 5.69 Å². The molecular formula is C17H26N2O. The summed E-state index contributed by atoms with van der Waals surface area (Å²) in [5, 5.41) is 10.3. The van der Waals surface area contributed by atoms with Gasteiger partial charge in [0.1, 0.15) is 0 Å². The zero-order valence-electron chi connectivity index (χ0n) is 12.3. The molecule has 0 spiro atoms. The Morgan fingerprint density at radius 1 is 1.25 bits per heavy atom. The number of aliphatic hydroxyl groups excluding tert-OH is 1. The highest BCUT2D eigenvalue weighted by Crippen LogP contribution is 2.48. The van der Waals surface area contributed by atoms with Gasteiger partial charge in [-0.3, -0.25) is 0 Å². The first-order valence-electron chi connectivity index (χ1n) is 7.84. The Bertz CT molecular complexity index is 445. The smallest absolute Gasteiger partial charge is 0.0916 e. The molecule has 3 heteroatoms. The Kier molecular flexibility index (Phi) is 3.99. The highest BCUT2D eigenvalue weighted by atomic mass is 16.3. The standard InChI is InChI=1S/C17H26N2O/c1-19(10-15-9-12-2-3-14(15)8-12)11-17(20)13-4-6-16(18)7-5-13/h4-7,12,14-15,17,20H,2-3,8-11,18H2,1H3. The van der Waals surface area contributed by atoms with Gasteiger partial charge in [-0.2, -0.15) is 0 Å². The SMILES string of the molecule is CN(CC(O)c1ccc(N)cc1)CC1CC2CCC1C2. The molecule has 0 radical (unpaired) electrons. The van der Waals surface area contributed by atoms with Crippen LogP contribution in [0, 0.1) is 17.8 Å². The fraction of sp³-hybridized carbons (Fsp3) is 0.647. The molecule has 3 nitrogen and oxygen atoms in total. The average molecular weight is 274 g/mol. The van der Waals surface area contributed by atoms with Crippen molar-refractivity contribution in [1.29, 1.82) is 0 Å². The van der Waals surface area contributed by atoms with Gasteiger partial charge in [-0.25, -0.2) is 0 Å². The van der Waals surface area contributed by atoms with E-state index in [0.29, 0.717) is 6.54 Å². The number of benzene rings is 1. The lowest BCUT2D eigenvalue weighted by molar-refractivity contribution is 0.110. The van der Waals surface area contributed by atoms with Gasteiger partial charge in [0.15, 0.2) is 0 Å². The van der Waals surface area contributed by atoms with E-state index in [0.717, 1.165) is 35.5 Å². The molecule has 4 unspecified atom stereocenters. The maximum atomic E-state index is 10.3. The molecule has 2 aliphatic rings. The Labute approximate surface area is 121 Å². The number of anilines is 1. The van der Waals surface area contributed by atoms with Crippen LogP contribution in [-0.2, 0) is 0 Å². The molecule has 1 aromatic carbocycles. The molecule has 110 valence electrons. The minimum absolute atomic E-state index is 0.417. The lowest BCUT2D eigenvalue weighted by atomic mass is 9.88. The van der Waals surface area contributed by atoms with Crippen molar-refractivity contribution in [3.63, 3.8) is 0 Å². The maximum Gasteiger partial charge on any atom is 0.0916 e. The first-order valence-corrected chi connectivity index (χ1v) is 7.84. The van der Waals surface area contributed by atoms with Gasteiger partial charge in [-0.1, -0.05) is 18.6 Å². The molecule has 3 rings (SSSR count). The van der Waals surface area contributed by atoms with E-state index in [9.17, 15) is 5.11 Å². The van der Waals surface area contributed by atoms with Gasteiger partial charge in [0.25, 0.3) is 0 Å². The van der Waals surface area contributed by atoms with Gasteiger partial charge in [0, 0.05) is 18.8 Å². The predicted octanol–water partition coefficient (Wildman–Crippen LogP) is 2.67. The monoisotopic (exact) mass is 274 g/mol. The van der Waals surface area contributed by atoms with Gasteiger partial charge < -0.3 is 15.7 Å². The summed E-state index contributed by atoms with van der Waals surface area (Å²) in [7, 11) is 2.13. The van der Waals surface area contributed by atoms with E-state index in [1.165, 1.54) is 25.7 Å². The van der Waals surface area contributed by atoms with Crippen molar-refractivity contribution in [2.75, 3.05) is 25.9 Å². The Morgan fingerprint density at radius 2 is 2.00 bits per heavy atom. The highest BCUT2D eigenvalue weighted by Gasteiger charge is 2.39. The van der Waals surface area contributed by atoms with E-state index in [1.54, 1.807) is 0 Å². The van der Waals surface area contributed by atoms with Crippen molar-refractivity contribution in [3.05, 3.63) is 29.8 Å². The molecule has 0 amide bonds. The third-order valence-corrected chi connectivity index (χ3v) is 5.24. The molecule has 0 saturated heterocycles. The van der Waals surface area contributed by atoms with E-state index in [4.69, 9.17) is 5.73 Å². The molecule has 20 heavy (non-hydrogen) atoms. The van der Waals surface area contributed by atoms with Crippen LogP contribution in [0.2, 0.25) is 0 Å². The van der Waals surface area contributed by atoms with Crippen LogP contribution in [-0.4, -0.2) is 30.1 Å². The van der Waals surface area contributed by atoms with Crippen molar-refractivity contribution in [2.45, 2.75) is 31.8 Å². The third kappa shape index (κ3) is 2.99. The van der Waals surface area contributed by atoms with Crippen LogP contribution in [0.15, 0.2) is 24.3 Å². The van der Waals surface area contributed by atoms with Gasteiger partial charge in [0.2, 0.25) is 0 Å². The molecule has 2 saturated carbocycles. The summed E-state index contributed by atoms with van der Waals surface area (Å²) in [6.45, 7) is 1.84. The quantitative estimate of drug-likeness (QED) is 0.812. The summed E-state index contributed by atoms with van der Waals surface area (Å²) in [5.74, 6) is 2.81. The minimum atomic E-state index is -0.417. The fourth-order valence-electron chi connectivity index (χ4n) is 4.19. The predicted molar refractivity (Wildman–Crippen MR) is 82.2 cm³/mol. The van der Waals surface area contributed by atoms with Crippen LogP contribution < -0.4 is 5.73 Å². The third-order valence-electron chi connectivity index (χ3n) is 5.24. The van der Waals surface area contributed by atoms with E-state index >= 15 is 0 Å². The van der Waals surface area contributed by atoms with Crippen molar-refractivity contribution < 1.29 is 5.11 Å². The Hall–Kier alpha value is -1.06. The number of rotatable bonds is 5.